The van der Waals surface area contributed by atoms with Crippen molar-refractivity contribution in [1.82, 2.24) is 15.2 Å². The summed E-state index contributed by atoms with van der Waals surface area (Å²) in [5.74, 6) is -0.572. The van der Waals surface area contributed by atoms with Crippen LogP contribution >= 0.6 is 0 Å². The third kappa shape index (κ3) is 4.15. The third-order valence-corrected chi connectivity index (χ3v) is 3.62. The van der Waals surface area contributed by atoms with E-state index in [1.165, 1.54) is 18.3 Å². The van der Waals surface area contributed by atoms with Gasteiger partial charge in [0, 0.05) is 12.3 Å². The van der Waals surface area contributed by atoms with Gasteiger partial charge in [-0.25, -0.2) is 9.78 Å². The topological polar surface area (TPSA) is 71.5 Å². The highest BCUT2D eigenvalue weighted by Crippen LogP contribution is 2.25. The van der Waals surface area contributed by atoms with E-state index in [9.17, 15) is 22.8 Å². The number of ether oxygens (including phenoxy) is 1. The van der Waals surface area contributed by atoms with Crippen molar-refractivity contribution in [2.75, 3.05) is 6.61 Å². The number of nitrogens with zero attached hydrogens (tertiary/aromatic N) is 2. The predicted molar refractivity (Wildman–Crippen MR) is 78.2 cm³/mol. The Kier molecular flexibility index (Phi) is 5.00. The molecule has 1 atom stereocenters. The molecule has 1 unspecified atom stereocenters. The van der Waals surface area contributed by atoms with Crippen molar-refractivity contribution in [2.24, 2.45) is 0 Å². The molecule has 0 radical (unpaired) electrons. The first kappa shape index (κ1) is 18.0. The highest BCUT2D eigenvalue weighted by Gasteiger charge is 2.46. The van der Waals surface area contributed by atoms with Gasteiger partial charge in [0.05, 0.1) is 6.54 Å². The molecule has 9 heteroatoms. The van der Waals surface area contributed by atoms with Crippen LogP contribution in [0, 0.1) is 0 Å². The zero-order valence-electron chi connectivity index (χ0n) is 13.3. The molecular weight excluding hydrogens is 327 g/mol. The number of hydrogen-bond acceptors (Lipinski definition) is 4. The van der Waals surface area contributed by atoms with E-state index in [1.807, 2.05) is 6.92 Å². The molecule has 0 bridgehead atoms. The van der Waals surface area contributed by atoms with E-state index in [-0.39, 0.29) is 18.3 Å². The molecular formula is C15H18F3N3O3. The van der Waals surface area contributed by atoms with Crippen molar-refractivity contribution in [2.45, 2.75) is 44.9 Å². The van der Waals surface area contributed by atoms with E-state index < -0.39 is 24.4 Å². The van der Waals surface area contributed by atoms with E-state index in [0.29, 0.717) is 12.0 Å². The molecule has 2 rings (SSSR count). The van der Waals surface area contributed by atoms with Crippen LogP contribution in [0.2, 0.25) is 0 Å². The Labute approximate surface area is 137 Å². The number of nitrogens with one attached hydrogen (secondary N) is 1. The van der Waals surface area contributed by atoms with Gasteiger partial charge in [-0.05, 0) is 25.0 Å². The zero-order valence-corrected chi connectivity index (χ0v) is 13.3. The summed E-state index contributed by atoms with van der Waals surface area (Å²) in [5, 5.41) is 2.65. The van der Waals surface area contributed by atoms with Gasteiger partial charge in [-0.1, -0.05) is 13.3 Å². The summed E-state index contributed by atoms with van der Waals surface area (Å²) < 4.78 is 41.1. The van der Waals surface area contributed by atoms with Gasteiger partial charge < -0.3 is 10.1 Å². The molecule has 0 aromatic carbocycles. The fourth-order valence-corrected chi connectivity index (χ4v) is 2.53. The molecule has 0 saturated carbocycles. The monoisotopic (exact) mass is 345 g/mol. The van der Waals surface area contributed by atoms with Crippen LogP contribution < -0.4 is 10.1 Å². The number of carbonyl (C=O) groups excluding carboxylic acids is 2. The lowest BCUT2D eigenvalue weighted by atomic mass is 9.96. The first-order valence-corrected chi connectivity index (χ1v) is 7.43. The Morgan fingerprint density at radius 1 is 1.38 bits per heavy atom. The zero-order chi connectivity index (χ0) is 18.0. The second-order valence-electron chi connectivity index (χ2n) is 5.81. The fraction of sp³-hybridized carbons (Fsp3) is 0.533. The third-order valence-electron chi connectivity index (χ3n) is 3.62. The second kappa shape index (κ2) is 6.66. The van der Waals surface area contributed by atoms with Gasteiger partial charge in [0.25, 0.3) is 5.91 Å². The van der Waals surface area contributed by atoms with Crippen molar-refractivity contribution < 1.29 is 27.5 Å². The number of rotatable bonds is 6. The summed E-state index contributed by atoms with van der Waals surface area (Å²) >= 11 is 0. The van der Waals surface area contributed by atoms with E-state index in [1.54, 1.807) is 6.92 Å². The van der Waals surface area contributed by atoms with Gasteiger partial charge in [-0.2, -0.15) is 13.2 Å². The smallest absolute Gasteiger partial charge is 0.422 e. The van der Waals surface area contributed by atoms with E-state index in [2.05, 4.69) is 15.0 Å². The molecule has 3 amide bonds. The van der Waals surface area contributed by atoms with E-state index >= 15 is 0 Å². The lowest BCUT2D eigenvalue weighted by Crippen LogP contribution is -2.43. The van der Waals surface area contributed by atoms with E-state index in [4.69, 9.17) is 0 Å². The summed E-state index contributed by atoms with van der Waals surface area (Å²) in [5.41, 5.74) is -0.500. The molecule has 1 aromatic rings. The van der Waals surface area contributed by atoms with Gasteiger partial charge in [-0.3, -0.25) is 9.69 Å². The Balaban J connectivity index is 2.08. The summed E-state index contributed by atoms with van der Waals surface area (Å²) in [6.45, 7) is 2.04. The molecule has 0 spiro atoms. The summed E-state index contributed by atoms with van der Waals surface area (Å²) in [7, 11) is 0. The average molecular weight is 345 g/mol. The van der Waals surface area contributed by atoms with Crippen molar-refractivity contribution >= 4 is 11.9 Å². The van der Waals surface area contributed by atoms with Crippen LogP contribution in [0.4, 0.5) is 18.0 Å². The van der Waals surface area contributed by atoms with Crippen molar-refractivity contribution in [1.29, 1.82) is 0 Å². The highest BCUT2D eigenvalue weighted by atomic mass is 19.4. The average Bonchev–Trinajstić information content (AvgIpc) is 2.69. The van der Waals surface area contributed by atoms with Crippen LogP contribution in [-0.2, 0) is 11.3 Å². The van der Waals surface area contributed by atoms with E-state index in [0.717, 1.165) is 11.3 Å². The van der Waals surface area contributed by atoms with Gasteiger partial charge in [0.1, 0.15) is 5.54 Å². The van der Waals surface area contributed by atoms with Crippen molar-refractivity contribution in [3.63, 3.8) is 0 Å². The molecule has 1 saturated heterocycles. The molecule has 1 aromatic heterocycles. The minimum Gasteiger partial charge on any atom is -0.468 e. The fourth-order valence-electron chi connectivity index (χ4n) is 2.53. The van der Waals surface area contributed by atoms with Gasteiger partial charge in [0.2, 0.25) is 5.88 Å². The molecule has 1 aliphatic rings. The minimum atomic E-state index is -4.47. The highest BCUT2D eigenvalue weighted by molar-refractivity contribution is 6.06. The molecule has 1 N–H and O–H groups in total. The number of imide groups is 1. The Hall–Kier alpha value is -2.32. The maximum Gasteiger partial charge on any atom is 0.422 e. The summed E-state index contributed by atoms with van der Waals surface area (Å²) in [6, 6.07) is 2.27. The lowest BCUT2D eigenvalue weighted by Gasteiger charge is -2.20. The Bertz CT molecular complexity index is 636. The first-order valence-electron chi connectivity index (χ1n) is 7.43. The number of pyridine rings is 1. The number of halogens is 3. The van der Waals surface area contributed by atoms with Crippen LogP contribution in [-0.4, -0.2) is 40.1 Å². The molecule has 1 aliphatic heterocycles. The lowest BCUT2D eigenvalue weighted by molar-refractivity contribution is -0.154. The molecule has 6 nitrogen and oxygen atoms in total. The van der Waals surface area contributed by atoms with Crippen LogP contribution in [0.5, 0.6) is 5.88 Å². The van der Waals surface area contributed by atoms with Crippen LogP contribution in [0.15, 0.2) is 18.3 Å². The van der Waals surface area contributed by atoms with Gasteiger partial charge in [-0.15, -0.1) is 0 Å². The first-order chi connectivity index (χ1) is 11.1. The minimum absolute atomic E-state index is 0.0606. The summed E-state index contributed by atoms with van der Waals surface area (Å²) in [4.78, 5) is 29.2. The largest absolute Gasteiger partial charge is 0.468 e. The molecule has 2 heterocycles. The SMILES string of the molecule is CCCC1(C)NC(=O)N(Cc2ccnc(OCC(F)(F)F)c2)C1=O. The van der Waals surface area contributed by atoms with Gasteiger partial charge in [0.15, 0.2) is 6.61 Å². The molecule has 24 heavy (non-hydrogen) atoms. The summed E-state index contributed by atoms with van der Waals surface area (Å²) in [6.07, 6.45) is -1.97. The quantitative estimate of drug-likeness (QED) is 0.805. The molecule has 0 aliphatic carbocycles. The standard InChI is InChI=1S/C15H18F3N3O3/c1-3-5-14(2)12(22)21(13(23)20-14)8-10-4-6-19-11(7-10)24-9-15(16,17)18/h4,6-7H,3,5,8-9H2,1-2H3,(H,20,23). The number of alkyl halides is 3. The number of carbonyl (C=O) groups is 2. The van der Waals surface area contributed by atoms with Crippen LogP contribution in [0.1, 0.15) is 32.3 Å². The van der Waals surface area contributed by atoms with Crippen molar-refractivity contribution in [3.05, 3.63) is 23.9 Å². The Morgan fingerprint density at radius 2 is 2.08 bits per heavy atom. The van der Waals surface area contributed by atoms with Crippen LogP contribution in [0.25, 0.3) is 0 Å². The molecule has 132 valence electrons. The normalized spacial score (nSPS) is 21.1. The van der Waals surface area contributed by atoms with Crippen LogP contribution in [0.3, 0.4) is 0 Å². The predicted octanol–water partition coefficient (Wildman–Crippen LogP) is 2.63. The van der Waals surface area contributed by atoms with Crippen molar-refractivity contribution in [3.8, 4) is 5.88 Å². The second-order valence-corrected chi connectivity index (χ2v) is 5.81. The maximum atomic E-state index is 12.4. The maximum absolute atomic E-state index is 12.4. The number of amides is 3. The number of hydrogen-bond donors (Lipinski definition) is 1. The molecule has 1 fully saturated rings. The number of urea groups is 1. The number of aromatic nitrogens is 1. The Morgan fingerprint density at radius 3 is 2.71 bits per heavy atom. The van der Waals surface area contributed by atoms with Gasteiger partial charge >= 0.3 is 12.2 Å².